The van der Waals surface area contributed by atoms with Crippen LogP contribution in [0.2, 0.25) is 0 Å². The molecule has 1 aliphatic rings. The van der Waals surface area contributed by atoms with Gasteiger partial charge in [-0.15, -0.1) is 0 Å². The van der Waals surface area contributed by atoms with Crippen molar-refractivity contribution in [2.45, 2.75) is 63.4 Å². The Kier molecular flexibility index (Phi) is 4.70. The maximum Gasteiger partial charge on any atom is 0.248 e. The predicted molar refractivity (Wildman–Crippen MR) is 78.8 cm³/mol. The van der Waals surface area contributed by atoms with Crippen LogP contribution in [0.1, 0.15) is 46.0 Å². The molecule has 1 aliphatic carbocycles. The first kappa shape index (κ1) is 15.3. The lowest BCUT2D eigenvalue weighted by Crippen LogP contribution is -2.34. The van der Waals surface area contributed by atoms with Crippen molar-refractivity contribution in [3.63, 3.8) is 0 Å². The highest BCUT2D eigenvalue weighted by molar-refractivity contribution is 7.89. The molecule has 0 atom stereocenters. The monoisotopic (exact) mass is 300 g/mol. The molecule has 2 N–H and O–H groups in total. The Hall–Kier alpha value is -1.08. The van der Waals surface area contributed by atoms with Crippen LogP contribution in [0.15, 0.2) is 11.1 Å². The van der Waals surface area contributed by atoms with Crippen LogP contribution in [0, 0.1) is 0 Å². The quantitative estimate of drug-likeness (QED) is 0.794. The van der Waals surface area contributed by atoms with E-state index in [-0.39, 0.29) is 16.8 Å². The zero-order chi connectivity index (χ0) is 14.8. The van der Waals surface area contributed by atoms with Gasteiger partial charge in [-0.1, -0.05) is 20.3 Å². The second-order valence-corrected chi connectivity index (χ2v) is 7.20. The van der Waals surface area contributed by atoms with Gasteiger partial charge in [0.2, 0.25) is 10.0 Å². The highest BCUT2D eigenvalue weighted by atomic mass is 32.2. The zero-order valence-electron chi connectivity index (χ0n) is 12.2. The van der Waals surface area contributed by atoms with Crippen LogP contribution >= 0.6 is 0 Å². The fraction of sp³-hybridized carbons (Fsp3) is 0.769. The number of nitrogens with two attached hydrogens (primary N) is 1. The minimum atomic E-state index is -3.51. The predicted octanol–water partition coefficient (Wildman–Crippen LogP) is 1.83. The van der Waals surface area contributed by atoms with E-state index < -0.39 is 10.0 Å². The van der Waals surface area contributed by atoms with Gasteiger partial charge in [-0.05, 0) is 25.7 Å². The number of sulfonamides is 1. The van der Waals surface area contributed by atoms with Gasteiger partial charge in [0.1, 0.15) is 4.90 Å². The molecule has 7 heteroatoms. The van der Waals surface area contributed by atoms with E-state index in [0.29, 0.717) is 13.1 Å². The van der Waals surface area contributed by atoms with Crippen LogP contribution in [0.4, 0.5) is 5.82 Å². The van der Waals surface area contributed by atoms with E-state index in [2.05, 4.69) is 12.0 Å². The van der Waals surface area contributed by atoms with Gasteiger partial charge >= 0.3 is 0 Å². The van der Waals surface area contributed by atoms with E-state index in [9.17, 15) is 8.42 Å². The average molecular weight is 300 g/mol. The highest BCUT2D eigenvalue weighted by Crippen LogP contribution is 2.33. The van der Waals surface area contributed by atoms with Gasteiger partial charge in [0.25, 0.3) is 0 Å². The number of nitrogens with zero attached hydrogens (tertiary/aromatic N) is 3. The van der Waals surface area contributed by atoms with Crippen molar-refractivity contribution >= 4 is 15.8 Å². The summed E-state index contributed by atoms with van der Waals surface area (Å²) >= 11 is 0. The van der Waals surface area contributed by atoms with Gasteiger partial charge in [0.05, 0.1) is 0 Å². The van der Waals surface area contributed by atoms with Crippen molar-refractivity contribution in [3.05, 3.63) is 6.20 Å². The van der Waals surface area contributed by atoms with Crippen molar-refractivity contribution in [1.82, 2.24) is 14.1 Å². The summed E-state index contributed by atoms with van der Waals surface area (Å²) in [6.45, 7) is 5.33. The molecule has 2 rings (SSSR count). The first-order valence-corrected chi connectivity index (χ1v) is 8.79. The summed E-state index contributed by atoms with van der Waals surface area (Å²) in [6, 6.07) is 0.153. The molecule has 1 fully saturated rings. The number of aromatic nitrogens is 2. The molecule has 114 valence electrons. The molecule has 1 aromatic rings. The van der Waals surface area contributed by atoms with Gasteiger partial charge < -0.3 is 5.73 Å². The summed E-state index contributed by atoms with van der Waals surface area (Å²) < 4.78 is 28.7. The number of unbranched alkanes of at least 4 members (excludes halogenated alkanes) is 1. The fourth-order valence-electron chi connectivity index (χ4n) is 2.26. The summed E-state index contributed by atoms with van der Waals surface area (Å²) in [5, 5.41) is 4.10. The molecule has 0 spiro atoms. The number of nitrogen functional groups attached to an aromatic ring is 1. The molecule has 0 saturated heterocycles. The van der Waals surface area contributed by atoms with E-state index in [1.54, 1.807) is 15.2 Å². The molecule has 0 aromatic carbocycles. The smallest absolute Gasteiger partial charge is 0.248 e. The molecule has 0 bridgehead atoms. The number of aryl methyl sites for hydroxylation is 1. The summed E-state index contributed by atoms with van der Waals surface area (Å²) in [5.41, 5.74) is 5.81. The molecule has 0 unspecified atom stereocenters. The van der Waals surface area contributed by atoms with Crippen molar-refractivity contribution in [3.8, 4) is 0 Å². The van der Waals surface area contributed by atoms with Gasteiger partial charge in [0.15, 0.2) is 5.82 Å². The summed E-state index contributed by atoms with van der Waals surface area (Å²) in [6.07, 6.45) is 6.21. The zero-order valence-corrected chi connectivity index (χ0v) is 13.1. The van der Waals surface area contributed by atoms with E-state index >= 15 is 0 Å². The van der Waals surface area contributed by atoms with Crippen molar-refractivity contribution in [2.75, 3.05) is 12.3 Å². The van der Waals surface area contributed by atoms with Crippen LogP contribution in [0.5, 0.6) is 0 Å². The van der Waals surface area contributed by atoms with E-state index in [4.69, 9.17) is 5.73 Å². The number of anilines is 1. The van der Waals surface area contributed by atoms with Crippen molar-refractivity contribution in [2.24, 2.45) is 0 Å². The molecule has 20 heavy (non-hydrogen) atoms. The lowest BCUT2D eigenvalue weighted by molar-refractivity contribution is 0.396. The first-order valence-electron chi connectivity index (χ1n) is 7.35. The Morgan fingerprint density at radius 1 is 1.40 bits per heavy atom. The molecule has 0 radical (unpaired) electrons. The Balaban J connectivity index is 2.27. The lowest BCUT2D eigenvalue weighted by atomic mass is 10.3. The third kappa shape index (κ3) is 3.15. The normalized spacial score (nSPS) is 15.9. The average Bonchev–Trinajstić information content (AvgIpc) is 3.14. The van der Waals surface area contributed by atoms with Crippen molar-refractivity contribution < 1.29 is 8.42 Å². The highest BCUT2D eigenvalue weighted by Gasteiger charge is 2.39. The molecular formula is C13H24N4O2S. The van der Waals surface area contributed by atoms with Crippen LogP contribution in [0.3, 0.4) is 0 Å². The maximum absolute atomic E-state index is 12.8. The van der Waals surface area contributed by atoms with Gasteiger partial charge in [0, 0.05) is 25.3 Å². The second kappa shape index (κ2) is 6.13. The largest absolute Gasteiger partial charge is 0.381 e. The minimum absolute atomic E-state index is 0.112. The van der Waals surface area contributed by atoms with Crippen LogP contribution in [-0.4, -0.2) is 35.1 Å². The summed E-state index contributed by atoms with van der Waals surface area (Å²) in [5.74, 6) is 0.112. The van der Waals surface area contributed by atoms with Crippen molar-refractivity contribution in [1.29, 1.82) is 0 Å². The third-order valence-electron chi connectivity index (χ3n) is 3.48. The Labute approximate surface area is 121 Å². The van der Waals surface area contributed by atoms with Gasteiger partial charge in [-0.25, -0.2) is 8.42 Å². The Morgan fingerprint density at radius 2 is 2.10 bits per heavy atom. The molecular weight excluding hydrogens is 276 g/mol. The first-order chi connectivity index (χ1) is 9.50. The number of hydrogen-bond acceptors (Lipinski definition) is 4. The molecule has 0 aliphatic heterocycles. The molecule has 6 nitrogen and oxygen atoms in total. The van der Waals surface area contributed by atoms with Crippen LogP contribution in [-0.2, 0) is 16.6 Å². The van der Waals surface area contributed by atoms with E-state index in [0.717, 1.165) is 32.1 Å². The lowest BCUT2D eigenvalue weighted by Gasteiger charge is -2.20. The van der Waals surface area contributed by atoms with E-state index in [1.807, 2.05) is 6.92 Å². The molecule has 0 amide bonds. The SMILES string of the molecule is CCCCN(C1CC1)S(=O)(=O)c1cn(CCC)nc1N. The van der Waals surface area contributed by atoms with Gasteiger partial charge in [-0.2, -0.15) is 9.40 Å². The van der Waals surface area contributed by atoms with Gasteiger partial charge in [-0.3, -0.25) is 4.68 Å². The number of hydrogen-bond donors (Lipinski definition) is 1. The fourth-order valence-corrected chi connectivity index (χ4v) is 4.05. The van der Waals surface area contributed by atoms with Crippen LogP contribution in [0.25, 0.3) is 0 Å². The molecule has 1 saturated carbocycles. The van der Waals surface area contributed by atoms with E-state index in [1.165, 1.54) is 0 Å². The Morgan fingerprint density at radius 3 is 2.65 bits per heavy atom. The maximum atomic E-state index is 12.8. The standard InChI is InChI=1S/C13H24N4O2S/c1-3-5-9-17(11-6-7-11)20(18,19)12-10-16(8-4-2)15-13(12)14/h10-11H,3-9H2,1-2H3,(H2,14,15). The molecule has 1 aromatic heterocycles. The topological polar surface area (TPSA) is 81.2 Å². The molecule has 1 heterocycles. The summed E-state index contributed by atoms with van der Waals surface area (Å²) in [7, 11) is -3.51. The van der Waals surface area contributed by atoms with Crippen LogP contribution < -0.4 is 5.73 Å². The second-order valence-electron chi connectivity index (χ2n) is 5.34. The minimum Gasteiger partial charge on any atom is -0.381 e. The summed E-state index contributed by atoms with van der Waals surface area (Å²) in [4.78, 5) is 0.161. The number of rotatable bonds is 8. The third-order valence-corrected chi connectivity index (χ3v) is 5.45. The Bertz CT molecular complexity index is 549.